The number of aromatic hydroxyl groups is 1. The van der Waals surface area contributed by atoms with Gasteiger partial charge in [0.05, 0.1) is 6.42 Å². The molecule has 0 aliphatic heterocycles. The highest BCUT2D eigenvalue weighted by atomic mass is 16.4. The van der Waals surface area contributed by atoms with E-state index in [9.17, 15) is 19.8 Å². The number of phenols is 1. The number of hydrogen-bond donors (Lipinski definition) is 3. The lowest BCUT2D eigenvalue weighted by Gasteiger charge is -2.28. The second-order valence-corrected chi connectivity index (χ2v) is 4.58. The first-order chi connectivity index (χ1) is 9.36. The molecule has 0 amide bonds. The SMILES string of the molecule is CCN(CCC(=O)O)C(C(=O)O)c1cc(C)ccc1O. The van der Waals surface area contributed by atoms with E-state index in [-0.39, 0.29) is 24.3 Å². The zero-order valence-electron chi connectivity index (χ0n) is 11.5. The summed E-state index contributed by atoms with van der Waals surface area (Å²) in [5.74, 6) is -2.20. The van der Waals surface area contributed by atoms with Gasteiger partial charge in [0, 0.05) is 12.1 Å². The number of rotatable bonds is 7. The van der Waals surface area contributed by atoms with Gasteiger partial charge in [-0.05, 0) is 19.5 Å². The van der Waals surface area contributed by atoms with Crippen molar-refractivity contribution in [3.05, 3.63) is 29.3 Å². The molecule has 1 rings (SSSR count). The van der Waals surface area contributed by atoms with Crippen LogP contribution in [0.4, 0.5) is 0 Å². The van der Waals surface area contributed by atoms with Crippen LogP contribution >= 0.6 is 0 Å². The Bertz CT molecular complexity index is 500. The molecule has 0 aliphatic rings. The van der Waals surface area contributed by atoms with Crippen molar-refractivity contribution >= 4 is 11.9 Å². The quantitative estimate of drug-likeness (QED) is 0.702. The first-order valence-corrected chi connectivity index (χ1v) is 6.35. The predicted molar refractivity (Wildman–Crippen MR) is 72.7 cm³/mol. The number of carbonyl (C=O) groups is 2. The molecule has 0 heterocycles. The van der Waals surface area contributed by atoms with Gasteiger partial charge >= 0.3 is 11.9 Å². The van der Waals surface area contributed by atoms with Crippen LogP contribution in [0.3, 0.4) is 0 Å². The minimum atomic E-state index is -1.11. The van der Waals surface area contributed by atoms with Crippen LogP contribution in [-0.2, 0) is 9.59 Å². The fourth-order valence-electron chi connectivity index (χ4n) is 2.09. The Labute approximate surface area is 117 Å². The molecule has 1 unspecified atom stereocenters. The van der Waals surface area contributed by atoms with Crippen molar-refractivity contribution in [1.82, 2.24) is 4.90 Å². The maximum atomic E-state index is 11.5. The van der Waals surface area contributed by atoms with Crippen LogP contribution in [0.5, 0.6) is 5.75 Å². The standard InChI is InChI=1S/C14H19NO5/c1-3-15(7-6-12(17)18)13(14(19)20)10-8-9(2)4-5-11(10)16/h4-5,8,13,16H,3,6-7H2,1-2H3,(H,17,18)(H,19,20). The summed E-state index contributed by atoms with van der Waals surface area (Å²) >= 11 is 0. The summed E-state index contributed by atoms with van der Waals surface area (Å²) in [5, 5.41) is 28.0. The van der Waals surface area contributed by atoms with Crippen LogP contribution in [0.25, 0.3) is 0 Å². The van der Waals surface area contributed by atoms with Gasteiger partial charge < -0.3 is 15.3 Å². The molecule has 110 valence electrons. The Kier molecular flexibility index (Phi) is 5.52. The summed E-state index contributed by atoms with van der Waals surface area (Å²) in [6.45, 7) is 4.04. The average Bonchev–Trinajstić information content (AvgIpc) is 2.37. The van der Waals surface area contributed by atoms with Gasteiger partial charge in [-0.15, -0.1) is 0 Å². The van der Waals surface area contributed by atoms with Crippen LogP contribution < -0.4 is 0 Å². The van der Waals surface area contributed by atoms with Crippen LogP contribution in [0.15, 0.2) is 18.2 Å². The fourth-order valence-corrected chi connectivity index (χ4v) is 2.09. The molecule has 6 heteroatoms. The van der Waals surface area contributed by atoms with Crippen LogP contribution in [0.2, 0.25) is 0 Å². The number of carboxylic acids is 2. The molecule has 6 nitrogen and oxygen atoms in total. The highest BCUT2D eigenvalue weighted by Crippen LogP contribution is 2.30. The average molecular weight is 281 g/mol. The van der Waals surface area contributed by atoms with E-state index in [1.165, 1.54) is 11.0 Å². The molecule has 1 aromatic carbocycles. The van der Waals surface area contributed by atoms with Gasteiger partial charge in [0.15, 0.2) is 0 Å². The third-order valence-electron chi connectivity index (χ3n) is 3.10. The van der Waals surface area contributed by atoms with Crippen molar-refractivity contribution < 1.29 is 24.9 Å². The lowest BCUT2D eigenvalue weighted by atomic mass is 10.0. The van der Waals surface area contributed by atoms with Crippen molar-refractivity contribution in [2.24, 2.45) is 0 Å². The molecule has 0 aromatic heterocycles. The Morgan fingerprint density at radius 1 is 1.30 bits per heavy atom. The molecular formula is C14H19NO5. The first kappa shape index (κ1) is 16.0. The number of carboxylic acid groups (broad SMARTS) is 2. The van der Waals surface area contributed by atoms with Crippen LogP contribution in [0.1, 0.15) is 30.5 Å². The van der Waals surface area contributed by atoms with E-state index in [1.807, 2.05) is 0 Å². The Morgan fingerprint density at radius 2 is 1.95 bits per heavy atom. The lowest BCUT2D eigenvalue weighted by molar-refractivity contribution is -0.145. The van der Waals surface area contributed by atoms with Crippen molar-refractivity contribution in [2.75, 3.05) is 13.1 Å². The molecular weight excluding hydrogens is 262 g/mol. The number of likely N-dealkylation sites (N-methyl/N-ethyl adjacent to an activating group) is 1. The Morgan fingerprint density at radius 3 is 2.45 bits per heavy atom. The predicted octanol–water partition coefficient (Wildman–Crippen LogP) is 1.62. The smallest absolute Gasteiger partial charge is 0.325 e. The minimum Gasteiger partial charge on any atom is -0.508 e. The van der Waals surface area contributed by atoms with Gasteiger partial charge in [-0.2, -0.15) is 0 Å². The molecule has 0 radical (unpaired) electrons. The van der Waals surface area contributed by atoms with E-state index in [0.717, 1.165) is 5.56 Å². The topological polar surface area (TPSA) is 98.1 Å². The Balaban J connectivity index is 3.11. The number of aliphatic carboxylic acids is 2. The number of hydrogen-bond acceptors (Lipinski definition) is 4. The van der Waals surface area contributed by atoms with E-state index in [1.54, 1.807) is 26.0 Å². The monoisotopic (exact) mass is 281 g/mol. The van der Waals surface area contributed by atoms with Crippen molar-refractivity contribution in [3.8, 4) is 5.75 Å². The summed E-state index contributed by atoms with van der Waals surface area (Å²) in [5.41, 5.74) is 1.11. The highest BCUT2D eigenvalue weighted by Gasteiger charge is 2.29. The van der Waals surface area contributed by atoms with E-state index in [4.69, 9.17) is 5.11 Å². The minimum absolute atomic E-state index is 0.100. The van der Waals surface area contributed by atoms with Crippen molar-refractivity contribution in [2.45, 2.75) is 26.3 Å². The van der Waals surface area contributed by atoms with Gasteiger partial charge in [0.1, 0.15) is 11.8 Å². The molecule has 3 N–H and O–H groups in total. The molecule has 1 atom stereocenters. The van der Waals surface area contributed by atoms with Crippen molar-refractivity contribution in [1.29, 1.82) is 0 Å². The van der Waals surface area contributed by atoms with Gasteiger partial charge in [-0.3, -0.25) is 14.5 Å². The van der Waals surface area contributed by atoms with E-state index in [2.05, 4.69) is 0 Å². The molecule has 0 spiro atoms. The summed E-state index contributed by atoms with van der Waals surface area (Å²) in [6.07, 6.45) is -0.149. The van der Waals surface area contributed by atoms with E-state index < -0.39 is 18.0 Å². The summed E-state index contributed by atoms with van der Waals surface area (Å²) in [7, 11) is 0. The summed E-state index contributed by atoms with van der Waals surface area (Å²) < 4.78 is 0. The van der Waals surface area contributed by atoms with Crippen LogP contribution in [-0.4, -0.2) is 45.2 Å². The molecule has 0 saturated carbocycles. The van der Waals surface area contributed by atoms with Gasteiger partial charge in [-0.1, -0.05) is 24.6 Å². The lowest BCUT2D eigenvalue weighted by Crippen LogP contribution is -2.35. The fraction of sp³-hybridized carbons (Fsp3) is 0.429. The third kappa shape index (κ3) is 3.96. The molecule has 20 heavy (non-hydrogen) atoms. The third-order valence-corrected chi connectivity index (χ3v) is 3.10. The molecule has 0 saturated heterocycles. The number of phenolic OH excluding ortho intramolecular Hbond substituents is 1. The number of nitrogens with zero attached hydrogens (tertiary/aromatic N) is 1. The second kappa shape index (κ2) is 6.91. The summed E-state index contributed by atoms with van der Waals surface area (Å²) in [4.78, 5) is 23.7. The summed E-state index contributed by atoms with van der Waals surface area (Å²) in [6, 6.07) is 3.69. The molecule has 1 aromatic rings. The molecule has 0 bridgehead atoms. The first-order valence-electron chi connectivity index (χ1n) is 6.35. The Hall–Kier alpha value is -2.08. The van der Waals surface area contributed by atoms with Gasteiger partial charge in [0.2, 0.25) is 0 Å². The zero-order chi connectivity index (χ0) is 15.3. The van der Waals surface area contributed by atoms with Crippen LogP contribution in [0, 0.1) is 6.92 Å². The molecule has 0 fully saturated rings. The highest BCUT2D eigenvalue weighted by molar-refractivity contribution is 5.77. The number of aryl methyl sites for hydroxylation is 1. The van der Waals surface area contributed by atoms with E-state index >= 15 is 0 Å². The van der Waals surface area contributed by atoms with Gasteiger partial charge in [0.25, 0.3) is 0 Å². The largest absolute Gasteiger partial charge is 0.508 e. The van der Waals surface area contributed by atoms with E-state index in [0.29, 0.717) is 6.54 Å². The number of benzene rings is 1. The zero-order valence-corrected chi connectivity index (χ0v) is 11.5. The molecule has 0 aliphatic carbocycles. The normalized spacial score (nSPS) is 12.3. The maximum absolute atomic E-state index is 11.5. The second-order valence-electron chi connectivity index (χ2n) is 4.58. The maximum Gasteiger partial charge on any atom is 0.325 e. The van der Waals surface area contributed by atoms with Crippen molar-refractivity contribution in [3.63, 3.8) is 0 Å². The van der Waals surface area contributed by atoms with Gasteiger partial charge in [-0.25, -0.2) is 0 Å².